The van der Waals surface area contributed by atoms with Gasteiger partial charge in [-0.3, -0.25) is 4.68 Å². The van der Waals surface area contributed by atoms with Gasteiger partial charge in [0, 0.05) is 51.2 Å². The summed E-state index contributed by atoms with van der Waals surface area (Å²) in [4.78, 5) is 0. The van der Waals surface area contributed by atoms with E-state index in [1.165, 1.54) is 11.3 Å². The Morgan fingerprint density at radius 1 is 1.35 bits per heavy atom. The first-order valence-electron chi connectivity index (χ1n) is 7.52. The van der Waals surface area contributed by atoms with E-state index in [0.717, 1.165) is 58.0 Å². The van der Waals surface area contributed by atoms with Crippen molar-refractivity contribution in [1.29, 1.82) is 0 Å². The Morgan fingerprint density at radius 3 is 2.80 bits per heavy atom. The molecular weight excluding hydrogens is 254 g/mol. The molecule has 5 heteroatoms. The van der Waals surface area contributed by atoms with Crippen molar-refractivity contribution in [3.63, 3.8) is 0 Å². The first kappa shape index (κ1) is 15.5. The molecule has 2 heterocycles. The van der Waals surface area contributed by atoms with Gasteiger partial charge in [-0.2, -0.15) is 5.10 Å². The molecule has 1 aromatic rings. The molecule has 1 saturated heterocycles. The first-order valence-corrected chi connectivity index (χ1v) is 7.52. The monoisotopic (exact) mass is 281 g/mol. The predicted molar refractivity (Wildman–Crippen MR) is 78.8 cm³/mol. The van der Waals surface area contributed by atoms with Crippen molar-refractivity contribution in [2.24, 2.45) is 5.92 Å². The predicted octanol–water partition coefficient (Wildman–Crippen LogP) is 1.66. The summed E-state index contributed by atoms with van der Waals surface area (Å²) in [6, 6.07) is 0. The molecule has 0 aromatic carbocycles. The maximum Gasteiger partial charge on any atom is 0.0641 e. The first-order chi connectivity index (χ1) is 9.72. The van der Waals surface area contributed by atoms with Crippen LogP contribution in [0.5, 0.6) is 0 Å². The van der Waals surface area contributed by atoms with E-state index in [1.807, 2.05) is 0 Å². The highest BCUT2D eigenvalue weighted by Crippen LogP contribution is 2.20. The molecule has 0 radical (unpaired) electrons. The lowest BCUT2D eigenvalue weighted by Gasteiger charge is -2.22. The van der Waals surface area contributed by atoms with Crippen LogP contribution in [0.1, 0.15) is 29.8 Å². The van der Waals surface area contributed by atoms with Crippen LogP contribution in [0.15, 0.2) is 0 Å². The second-order valence-electron chi connectivity index (χ2n) is 5.56. The average Bonchev–Trinajstić information content (AvgIpc) is 2.72. The van der Waals surface area contributed by atoms with Crippen molar-refractivity contribution < 1.29 is 9.47 Å². The van der Waals surface area contributed by atoms with Gasteiger partial charge >= 0.3 is 0 Å². The van der Waals surface area contributed by atoms with Crippen LogP contribution in [0.4, 0.5) is 0 Å². The highest BCUT2D eigenvalue weighted by Gasteiger charge is 2.18. The lowest BCUT2D eigenvalue weighted by molar-refractivity contribution is 0.0599. The van der Waals surface area contributed by atoms with E-state index >= 15 is 0 Å². The average molecular weight is 281 g/mol. The van der Waals surface area contributed by atoms with Crippen LogP contribution in [0.25, 0.3) is 0 Å². The van der Waals surface area contributed by atoms with E-state index < -0.39 is 0 Å². The highest BCUT2D eigenvalue weighted by atomic mass is 16.5. The fourth-order valence-electron chi connectivity index (χ4n) is 2.73. The Morgan fingerprint density at radius 2 is 2.10 bits per heavy atom. The molecule has 5 nitrogen and oxygen atoms in total. The van der Waals surface area contributed by atoms with Crippen LogP contribution in [-0.2, 0) is 22.6 Å². The number of ether oxygens (including phenoxy) is 2. The summed E-state index contributed by atoms with van der Waals surface area (Å²) in [7, 11) is 1.73. The molecule has 0 saturated carbocycles. The molecule has 1 aliphatic rings. The number of hydrogen-bond donors (Lipinski definition) is 1. The van der Waals surface area contributed by atoms with Gasteiger partial charge in [0.25, 0.3) is 0 Å². The summed E-state index contributed by atoms with van der Waals surface area (Å²) in [6.45, 7) is 9.58. The van der Waals surface area contributed by atoms with E-state index in [1.54, 1.807) is 7.11 Å². The molecular formula is C15H27N3O2. The van der Waals surface area contributed by atoms with Crippen molar-refractivity contribution >= 4 is 0 Å². The Labute approximate surface area is 121 Å². The van der Waals surface area contributed by atoms with Gasteiger partial charge < -0.3 is 14.8 Å². The standard InChI is InChI=1S/C15H27N3O2/c1-12-15(10-16-6-9-19-3)13(2)18(17-12)11-14-4-7-20-8-5-14/h14,16H,4-11H2,1-3H3. The zero-order valence-electron chi connectivity index (χ0n) is 12.9. The van der Waals surface area contributed by atoms with Crippen molar-refractivity contribution in [1.82, 2.24) is 15.1 Å². The molecule has 1 N–H and O–H groups in total. The highest BCUT2D eigenvalue weighted by molar-refractivity contribution is 5.24. The van der Waals surface area contributed by atoms with Gasteiger partial charge in [-0.15, -0.1) is 0 Å². The van der Waals surface area contributed by atoms with Crippen molar-refractivity contribution in [3.05, 3.63) is 17.0 Å². The smallest absolute Gasteiger partial charge is 0.0641 e. The lowest BCUT2D eigenvalue weighted by atomic mass is 10.0. The van der Waals surface area contributed by atoms with Crippen molar-refractivity contribution in [2.75, 3.05) is 33.5 Å². The molecule has 1 aliphatic heterocycles. The van der Waals surface area contributed by atoms with Crippen LogP contribution < -0.4 is 5.32 Å². The Hall–Kier alpha value is -0.910. The number of nitrogens with one attached hydrogen (secondary N) is 1. The van der Waals surface area contributed by atoms with E-state index in [0.29, 0.717) is 5.92 Å². The molecule has 0 atom stereocenters. The summed E-state index contributed by atoms with van der Waals surface area (Å²) in [5.41, 5.74) is 3.76. The van der Waals surface area contributed by atoms with Crippen LogP contribution in [0, 0.1) is 19.8 Å². The lowest BCUT2D eigenvalue weighted by Crippen LogP contribution is -2.22. The number of hydrogen-bond acceptors (Lipinski definition) is 4. The van der Waals surface area contributed by atoms with Crippen LogP contribution in [-0.4, -0.2) is 43.3 Å². The van der Waals surface area contributed by atoms with Gasteiger partial charge in [-0.25, -0.2) is 0 Å². The Bertz CT molecular complexity index is 411. The topological polar surface area (TPSA) is 48.3 Å². The Kier molecular flexibility index (Phi) is 6.01. The number of aromatic nitrogens is 2. The molecule has 1 aromatic heterocycles. The zero-order chi connectivity index (χ0) is 14.4. The molecule has 0 bridgehead atoms. The molecule has 0 amide bonds. The third-order valence-electron chi connectivity index (χ3n) is 4.09. The largest absolute Gasteiger partial charge is 0.383 e. The van der Waals surface area contributed by atoms with Gasteiger partial charge in [0.1, 0.15) is 0 Å². The van der Waals surface area contributed by atoms with E-state index in [-0.39, 0.29) is 0 Å². The normalized spacial score (nSPS) is 16.8. The van der Waals surface area contributed by atoms with E-state index in [9.17, 15) is 0 Å². The van der Waals surface area contributed by atoms with E-state index in [4.69, 9.17) is 14.6 Å². The molecule has 20 heavy (non-hydrogen) atoms. The molecule has 0 aliphatic carbocycles. The van der Waals surface area contributed by atoms with Crippen LogP contribution in [0.2, 0.25) is 0 Å². The minimum absolute atomic E-state index is 0.705. The van der Waals surface area contributed by atoms with Gasteiger partial charge in [0.2, 0.25) is 0 Å². The van der Waals surface area contributed by atoms with Crippen LogP contribution >= 0.6 is 0 Å². The van der Waals surface area contributed by atoms with E-state index in [2.05, 4.69) is 23.8 Å². The third kappa shape index (κ3) is 4.04. The zero-order valence-corrected chi connectivity index (χ0v) is 12.9. The maximum absolute atomic E-state index is 5.42. The summed E-state index contributed by atoms with van der Waals surface area (Å²) >= 11 is 0. The van der Waals surface area contributed by atoms with Crippen molar-refractivity contribution in [2.45, 2.75) is 39.8 Å². The summed E-state index contributed by atoms with van der Waals surface area (Å²) in [6.07, 6.45) is 2.31. The van der Waals surface area contributed by atoms with Gasteiger partial charge in [-0.05, 0) is 32.6 Å². The minimum Gasteiger partial charge on any atom is -0.383 e. The van der Waals surface area contributed by atoms with Gasteiger partial charge in [0.15, 0.2) is 0 Å². The fourth-order valence-corrected chi connectivity index (χ4v) is 2.73. The number of nitrogens with zero attached hydrogens (tertiary/aromatic N) is 2. The summed E-state index contributed by atoms with van der Waals surface area (Å²) in [5.74, 6) is 0.705. The SMILES string of the molecule is COCCNCc1c(C)nn(CC2CCOCC2)c1C. The van der Waals surface area contributed by atoms with Crippen molar-refractivity contribution in [3.8, 4) is 0 Å². The second kappa shape index (κ2) is 7.76. The number of rotatable bonds is 7. The quantitative estimate of drug-likeness (QED) is 0.772. The fraction of sp³-hybridized carbons (Fsp3) is 0.800. The molecule has 2 rings (SSSR count). The van der Waals surface area contributed by atoms with Crippen LogP contribution in [0.3, 0.4) is 0 Å². The number of aryl methyl sites for hydroxylation is 1. The summed E-state index contributed by atoms with van der Waals surface area (Å²) in [5, 5.41) is 8.11. The molecule has 0 unspecified atom stereocenters. The molecule has 114 valence electrons. The summed E-state index contributed by atoms with van der Waals surface area (Å²) < 4.78 is 12.7. The minimum atomic E-state index is 0.705. The number of methoxy groups -OCH3 is 1. The Balaban J connectivity index is 1.93. The third-order valence-corrected chi connectivity index (χ3v) is 4.09. The maximum atomic E-state index is 5.42. The molecule has 0 spiro atoms. The van der Waals surface area contributed by atoms with Gasteiger partial charge in [-0.1, -0.05) is 0 Å². The van der Waals surface area contributed by atoms with Gasteiger partial charge in [0.05, 0.1) is 12.3 Å². The molecule has 1 fully saturated rings. The second-order valence-corrected chi connectivity index (χ2v) is 5.56.